The summed E-state index contributed by atoms with van der Waals surface area (Å²) in [6, 6.07) is 15.5. The largest absolute Gasteiger partial charge is 0.484 e. The van der Waals surface area contributed by atoms with Gasteiger partial charge in [0, 0.05) is 5.39 Å². The first-order chi connectivity index (χ1) is 17.1. The first kappa shape index (κ1) is 25.3. The van der Waals surface area contributed by atoms with Crippen LogP contribution in [0.25, 0.3) is 16.6 Å². The summed E-state index contributed by atoms with van der Waals surface area (Å²) >= 11 is 0. The first-order valence-electron chi connectivity index (χ1n) is 11.7. The van der Waals surface area contributed by atoms with Crippen molar-refractivity contribution in [3.63, 3.8) is 0 Å². The monoisotopic (exact) mass is 493 g/mol. The van der Waals surface area contributed by atoms with Crippen molar-refractivity contribution in [1.82, 2.24) is 15.1 Å². The number of aryl methyl sites for hydroxylation is 1. The Balaban J connectivity index is 1.66. The molecule has 0 saturated carbocycles. The Morgan fingerprint density at radius 3 is 2.44 bits per heavy atom. The van der Waals surface area contributed by atoms with Gasteiger partial charge in [-0.15, -0.1) is 0 Å². The van der Waals surface area contributed by atoms with E-state index in [9.17, 15) is 18.7 Å². The molecule has 1 heterocycles. The summed E-state index contributed by atoms with van der Waals surface area (Å²) in [6.45, 7) is 6.60. The van der Waals surface area contributed by atoms with Crippen molar-refractivity contribution in [2.24, 2.45) is 5.41 Å². The van der Waals surface area contributed by atoms with E-state index in [2.05, 4.69) is 10.4 Å². The molecule has 0 radical (unpaired) electrons. The lowest BCUT2D eigenvalue weighted by Gasteiger charge is -2.30. The molecule has 8 heteroatoms. The number of hydrogen-bond acceptors (Lipinski definition) is 4. The molecule has 36 heavy (non-hydrogen) atoms. The summed E-state index contributed by atoms with van der Waals surface area (Å²) in [5.74, 6) is -0.460. The first-order valence-corrected chi connectivity index (χ1v) is 11.7. The van der Waals surface area contributed by atoms with Crippen LogP contribution in [-0.4, -0.2) is 33.4 Å². The van der Waals surface area contributed by atoms with Gasteiger partial charge in [-0.05, 0) is 93.4 Å². The predicted molar refractivity (Wildman–Crippen MR) is 134 cm³/mol. The minimum atomic E-state index is -0.968. The van der Waals surface area contributed by atoms with Gasteiger partial charge in [-0.3, -0.25) is 4.79 Å². The molecular weight excluding hydrogens is 464 g/mol. The summed E-state index contributed by atoms with van der Waals surface area (Å²) in [7, 11) is 0. The Labute approximate surface area is 208 Å². The van der Waals surface area contributed by atoms with E-state index in [1.807, 2.05) is 19.1 Å². The SMILES string of the molecule is Cc1cc(F)ccc1[C@H](Oc1ccc2c(cnn2-c2ccc(F)cc2)c1)[C@H](C)NC(=O)C(C)(C)CO. The lowest BCUT2D eigenvalue weighted by Crippen LogP contribution is -2.46. The number of nitrogens with one attached hydrogen (secondary N) is 1. The third-order valence-corrected chi connectivity index (χ3v) is 6.23. The molecule has 4 aromatic rings. The second kappa shape index (κ2) is 10.1. The molecule has 6 nitrogen and oxygen atoms in total. The second-order valence-electron chi connectivity index (χ2n) is 9.60. The maximum atomic E-state index is 13.8. The normalized spacial score (nSPS) is 13.4. The van der Waals surface area contributed by atoms with Crippen molar-refractivity contribution in [3.05, 3.63) is 89.6 Å². The summed E-state index contributed by atoms with van der Waals surface area (Å²) in [6.07, 6.45) is 1.06. The zero-order chi connectivity index (χ0) is 26.0. The number of halogens is 2. The average molecular weight is 494 g/mol. The standard InChI is InChI=1S/C28H29F2N3O3/c1-17-13-21(30)7-11-24(17)26(18(2)32-27(35)28(3,4)16-34)36-23-10-12-25-19(14-23)15-31-33(25)22-8-5-20(29)6-9-22/h5-15,18,26,34H,16H2,1-4H3,(H,32,35)/t18-,26+/m0/s1. The summed E-state index contributed by atoms with van der Waals surface area (Å²) < 4.78 is 35.2. The number of nitrogens with zero attached hydrogens (tertiary/aromatic N) is 2. The number of aliphatic hydroxyl groups is 1. The van der Waals surface area contributed by atoms with Gasteiger partial charge in [0.1, 0.15) is 23.5 Å². The molecule has 3 aromatic carbocycles. The van der Waals surface area contributed by atoms with Crippen molar-refractivity contribution in [2.45, 2.75) is 39.8 Å². The summed E-state index contributed by atoms with van der Waals surface area (Å²) in [5, 5.41) is 17.7. The van der Waals surface area contributed by atoms with Crippen LogP contribution < -0.4 is 10.1 Å². The number of fused-ring (bicyclic) bond motifs is 1. The van der Waals surface area contributed by atoms with Gasteiger partial charge < -0.3 is 15.2 Å². The highest BCUT2D eigenvalue weighted by atomic mass is 19.1. The number of amides is 1. The second-order valence-corrected chi connectivity index (χ2v) is 9.60. The number of aromatic nitrogens is 2. The van der Waals surface area contributed by atoms with Crippen molar-refractivity contribution >= 4 is 16.8 Å². The molecule has 0 aliphatic heterocycles. The number of carbonyl (C=O) groups excluding carboxylic acids is 1. The highest BCUT2D eigenvalue weighted by molar-refractivity contribution is 5.82. The Hall–Kier alpha value is -3.78. The molecule has 2 atom stereocenters. The molecule has 0 bridgehead atoms. The van der Waals surface area contributed by atoms with Gasteiger partial charge in [0.25, 0.3) is 0 Å². The van der Waals surface area contributed by atoms with Crippen LogP contribution in [0.15, 0.2) is 66.9 Å². The van der Waals surface area contributed by atoms with E-state index in [1.54, 1.807) is 55.9 Å². The molecule has 0 spiro atoms. The minimum absolute atomic E-state index is 0.304. The van der Waals surface area contributed by atoms with Crippen molar-refractivity contribution < 1.29 is 23.4 Å². The Morgan fingerprint density at radius 2 is 1.78 bits per heavy atom. The van der Waals surface area contributed by atoms with E-state index in [0.717, 1.165) is 22.2 Å². The van der Waals surface area contributed by atoms with E-state index >= 15 is 0 Å². The molecule has 0 fully saturated rings. The van der Waals surface area contributed by atoms with E-state index in [-0.39, 0.29) is 24.1 Å². The van der Waals surface area contributed by atoms with Crippen LogP contribution in [0.1, 0.15) is 38.0 Å². The fourth-order valence-electron chi connectivity index (χ4n) is 3.96. The van der Waals surface area contributed by atoms with Gasteiger partial charge in [-0.25, -0.2) is 13.5 Å². The molecule has 4 rings (SSSR count). The number of carbonyl (C=O) groups is 1. The molecule has 0 aliphatic rings. The van der Waals surface area contributed by atoms with E-state index in [4.69, 9.17) is 4.74 Å². The van der Waals surface area contributed by atoms with Gasteiger partial charge in [0.15, 0.2) is 0 Å². The average Bonchev–Trinajstić information content (AvgIpc) is 3.26. The highest BCUT2D eigenvalue weighted by Gasteiger charge is 2.31. The zero-order valence-electron chi connectivity index (χ0n) is 20.6. The van der Waals surface area contributed by atoms with E-state index < -0.39 is 17.6 Å². The van der Waals surface area contributed by atoms with Crippen LogP contribution >= 0.6 is 0 Å². The van der Waals surface area contributed by atoms with Crippen LogP contribution in [0, 0.1) is 24.0 Å². The summed E-state index contributed by atoms with van der Waals surface area (Å²) in [4.78, 5) is 12.7. The lowest BCUT2D eigenvalue weighted by molar-refractivity contribution is -0.132. The van der Waals surface area contributed by atoms with Crippen LogP contribution in [0.2, 0.25) is 0 Å². The van der Waals surface area contributed by atoms with Gasteiger partial charge in [-0.2, -0.15) is 5.10 Å². The molecule has 0 unspecified atom stereocenters. The van der Waals surface area contributed by atoms with Crippen LogP contribution in [0.4, 0.5) is 8.78 Å². The van der Waals surface area contributed by atoms with Crippen molar-refractivity contribution in [3.8, 4) is 11.4 Å². The predicted octanol–water partition coefficient (Wildman–Crippen LogP) is 5.26. The Bertz CT molecular complexity index is 1380. The van der Waals surface area contributed by atoms with E-state index in [0.29, 0.717) is 11.3 Å². The zero-order valence-corrected chi connectivity index (χ0v) is 20.6. The van der Waals surface area contributed by atoms with Crippen LogP contribution in [0.3, 0.4) is 0 Å². The van der Waals surface area contributed by atoms with Crippen molar-refractivity contribution in [2.75, 3.05) is 6.61 Å². The van der Waals surface area contributed by atoms with Gasteiger partial charge in [0.2, 0.25) is 5.91 Å². The minimum Gasteiger partial charge on any atom is -0.484 e. The third-order valence-electron chi connectivity index (χ3n) is 6.23. The molecule has 1 aromatic heterocycles. The molecule has 0 saturated heterocycles. The van der Waals surface area contributed by atoms with Gasteiger partial charge in [0.05, 0.1) is 35.5 Å². The number of rotatable bonds is 8. The van der Waals surface area contributed by atoms with Gasteiger partial charge in [-0.1, -0.05) is 6.07 Å². The molecule has 188 valence electrons. The molecule has 1 amide bonds. The summed E-state index contributed by atoms with van der Waals surface area (Å²) in [5.41, 5.74) is 1.99. The topological polar surface area (TPSA) is 76.4 Å². The quantitative estimate of drug-likeness (QED) is 0.351. The number of ether oxygens (including phenoxy) is 1. The van der Waals surface area contributed by atoms with Crippen molar-refractivity contribution in [1.29, 1.82) is 0 Å². The lowest BCUT2D eigenvalue weighted by atomic mass is 9.92. The fraction of sp³-hybridized carbons (Fsp3) is 0.286. The van der Waals surface area contributed by atoms with Crippen LogP contribution in [0.5, 0.6) is 5.75 Å². The highest BCUT2D eigenvalue weighted by Crippen LogP contribution is 2.31. The molecule has 2 N–H and O–H groups in total. The Morgan fingerprint density at radius 1 is 1.08 bits per heavy atom. The third kappa shape index (κ3) is 5.23. The maximum absolute atomic E-state index is 13.8. The Kier molecular flexibility index (Phi) is 7.08. The fourth-order valence-corrected chi connectivity index (χ4v) is 3.96. The smallest absolute Gasteiger partial charge is 0.228 e. The number of hydrogen-bond donors (Lipinski definition) is 2. The maximum Gasteiger partial charge on any atom is 0.228 e. The number of aliphatic hydroxyl groups excluding tert-OH is 1. The number of benzene rings is 3. The molecule has 0 aliphatic carbocycles. The van der Waals surface area contributed by atoms with E-state index in [1.165, 1.54) is 24.3 Å². The van der Waals surface area contributed by atoms with Gasteiger partial charge >= 0.3 is 0 Å². The van der Waals surface area contributed by atoms with Crippen LogP contribution in [-0.2, 0) is 4.79 Å². The molecular formula is C28H29F2N3O3.